The molecule has 2 amide bonds. The van der Waals surface area contributed by atoms with Crippen molar-refractivity contribution in [1.29, 1.82) is 0 Å². The van der Waals surface area contributed by atoms with Crippen LogP contribution < -0.4 is 10.6 Å². The lowest BCUT2D eigenvalue weighted by Gasteiger charge is -2.20. The highest BCUT2D eigenvalue weighted by Crippen LogP contribution is 2.28. The van der Waals surface area contributed by atoms with Crippen LogP contribution in [-0.2, 0) is 9.59 Å². The van der Waals surface area contributed by atoms with E-state index in [1.807, 2.05) is 37.4 Å². The molecule has 0 aliphatic heterocycles. The average molecular weight is 367 g/mol. The number of carbonyl (C=O) groups excluding carboxylic acids is 2. The molecular formula is C20H21N3O2S. The molecule has 2 N–H and O–H groups in total. The Morgan fingerprint density at radius 1 is 1.08 bits per heavy atom. The van der Waals surface area contributed by atoms with Crippen molar-refractivity contribution in [2.24, 2.45) is 5.92 Å². The molecule has 0 aliphatic rings. The zero-order valence-corrected chi connectivity index (χ0v) is 15.8. The van der Waals surface area contributed by atoms with Crippen LogP contribution in [0.5, 0.6) is 0 Å². The van der Waals surface area contributed by atoms with Crippen molar-refractivity contribution in [3.63, 3.8) is 0 Å². The molecule has 5 nitrogen and oxygen atoms in total. The lowest BCUT2D eigenvalue weighted by molar-refractivity contribution is -0.126. The number of nitrogens with one attached hydrogen (secondary N) is 2. The van der Waals surface area contributed by atoms with Crippen LogP contribution in [0.15, 0.2) is 47.8 Å². The second-order valence-corrected chi connectivity index (χ2v) is 7.37. The number of anilines is 1. The minimum Gasteiger partial charge on any atom is -0.344 e. The minimum atomic E-state index is -0.583. The van der Waals surface area contributed by atoms with Gasteiger partial charge in [-0.05, 0) is 22.8 Å². The van der Waals surface area contributed by atoms with Crippen LogP contribution in [0, 0.1) is 5.92 Å². The topological polar surface area (TPSA) is 71.1 Å². The van der Waals surface area contributed by atoms with Gasteiger partial charge in [-0.15, -0.1) is 11.3 Å². The smallest absolute Gasteiger partial charge is 0.248 e. The summed E-state index contributed by atoms with van der Waals surface area (Å²) in [6.07, 6.45) is 0. The highest BCUT2D eigenvalue weighted by molar-refractivity contribution is 7.14. The molecule has 26 heavy (non-hydrogen) atoms. The van der Waals surface area contributed by atoms with Gasteiger partial charge in [-0.1, -0.05) is 50.2 Å². The largest absolute Gasteiger partial charge is 0.344 e. The third-order valence-corrected chi connectivity index (χ3v) is 4.85. The number of carbonyl (C=O) groups is 2. The van der Waals surface area contributed by atoms with E-state index >= 15 is 0 Å². The van der Waals surface area contributed by atoms with Crippen LogP contribution in [0.4, 0.5) is 5.13 Å². The number of benzene rings is 2. The second kappa shape index (κ2) is 7.66. The van der Waals surface area contributed by atoms with Crippen molar-refractivity contribution in [2.75, 3.05) is 5.32 Å². The zero-order chi connectivity index (χ0) is 18.7. The maximum Gasteiger partial charge on any atom is 0.248 e. The van der Waals surface area contributed by atoms with Crippen LogP contribution >= 0.6 is 11.3 Å². The van der Waals surface area contributed by atoms with Gasteiger partial charge in [0, 0.05) is 17.9 Å². The number of fused-ring (bicyclic) bond motifs is 1. The van der Waals surface area contributed by atoms with Gasteiger partial charge in [0.05, 0.1) is 5.69 Å². The first-order valence-corrected chi connectivity index (χ1v) is 9.34. The summed E-state index contributed by atoms with van der Waals surface area (Å²) in [5.41, 5.74) is 1.82. The summed E-state index contributed by atoms with van der Waals surface area (Å²) < 4.78 is 0. The van der Waals surface area contributed by atoms with E-state index in [2.05, 4.69) is 39.9 Å². The van der Waals surface area contributed by atoms with E-state index in [1.54, 1.807) is 0 Å². The van der Waals surface area contributed by atoms with Crippen molar-refractivity contribution < 1.29 is 9.59 Å². The fraction of sp³-hybridized carbons (Fsp3) is 0.250. The fourth-order valence-electron chi connectivity index (χ4n) is 2.75. The highest BCUT2D eigenvalue weighted by atomic mass is 32.1. The van der Waals surface area contributed by atoms with E-state index in [-0.39, 0.29) is 17.7 Å². The summed E-state index contributed by atoms with van der Waals surface area (Å²) in [4.78, 5) is 28.3. The molecule has 1 heterocycles. The van der Waals surface area contributed by atoms with Gasteiger partial charge >= 0.3 is 0 Å². The van der Waals surface area contributed by atoms with Crippen molar-refractivity contribution in [2.45, 2.75) is 26.8 Å². The van der Waals surface area contributed by atoms with Gasteiger partial charge in [-0.3, -0.25) is 9.59 Å². The quantitative estimate of drug-likeness (QED) is 0.714. The molecule has 1 atom stereocenters. The number of rotatable bonds is 5. The molecule has 0 saturated carbocycles. The average Bonchev–Trinajstić information content (AvgIpc) is 3.07. The molecule has 2 aromatic carbocycles. The zero-order valence-electron chi connectivity index (χ0n) is 14.9. The molecule has 134 valence electrons. The Kier molecular flexibility index (Phi) is 5.32. The molecule has 0 fully saturated rings. The Morgan fingerprint density at radius 3 is 2.50 bits per heavy atom. The molecule has 0 aliphatic carbocycles. The van der Waals surface area contributed by atoms with Crippen molar-refractivity contribution >= 4 is 39.1 Å². The molecule has 3 aromatic rings. The summed E-state index contributed by atoms with van der Waals surface area (Å²) in [5.74, 6) is -0.497. The first-order valence-electron chi connectivity index (χ1n) is 8.46. The normalized spacial score (nSPS) is 12.2. The van der Waals surface area contributed by atoms with Crippen molar-refractivity contribution in [3.05, 3.63) is 47.8 Å². The highest BCUT2D eigenvalue weighted by Gasteiger charge is 2.23. The van der Waals surface area contributed by atoms with Gasteiger partial charge in [0.25, 0.3) is 0 Å². The monoisotopic (exact) mass is 367 g/mol. The maximum absolute atomic E-state index is 12.5. The fourth-order valence-corrected chi connectivity index (χ4v) is 3.47. The lowest BCUT2D eigenvalue weighted by Crippen LogP contribution is -2.46. The molecule has 0 spiro atoms. The first kappa shape index (κ1) is 18.1. The minimum absolute atomic E-state index is 0.0150. The Morgan fingerprint density at radius 2 is 1.81 bits per heavy atom. The van der Waals surface area contributed by atoms with Crippen LogP contribution in [-0.4, -0.2) is 22.8 Å². The van der Waals surface area contributed by atoms with Crippen molar-refractivity contribution in [3.8, 4) is 11.3 Å². The van der Waals surface area contributed by atoms with Gasteiger partial charge in [-0.25, -0.2) is 4.98 Å². The van der Waals surface area contributed by atoms with Gasteiger partial charge < -0.3 is 10.6 Å². The summed E-state index contributed by atoms with van der Waals surface area (Å²) >= 11 is 1.37. The van der Waals surface area contributed by atoms with E-state index in [0.29, 0.717) is 5.13 Å². The summed E-state index contributed by atoms with van der Waals surface area (Å²) in [6.45, 7) is 5.19. The van der Waals surface area contributed by atoms with Crippen LogP contribution in [0.25, 0.3) is 22.0 Å². The summed E-state index contributed by atoms with van der Waals surface area (Å²) in [7, 11) is 0. The SMILES string of the molecule is CC(=O)NC(C(=O)Nc1nc(-c2ccc3ccccc3c2)cs1)C(C)C. The molecular weight excluding hydrogens is 346 g/mol. The summed E-state index contributed by atoms with van der Waals surface area (Å²) in [5, 5.41) is 10.3. The Balaban J connectivity index is 1.78. The van der Waals surface area contributed by atoms with Gasteiger partial charge in [0.2, 0.25) is 11.8 Å². The van der Waals surface area contributed by atoms with Crippen LogP contribution in [0.2, 0.25) is 0 Å². The molecule has 6 heteroatoms. The predicted molar refractivity (Wildman–Crippen MR) is 106 cm³/mol. The van der Waals surface area contributed by atoms with E-state index in [4.69, 9.17) is 0 Å². The van der Waals surface area contributed by atoms with E-state index in [0.717, 1.165) is 16.6 Å². The maximum atomic E-state index is 12.5. The van der Waals surface area contributed by atoms with Gasteiger partial charge in [0.15, 0.2) is 5.13 Å². The molecule has 0 saturated heterocycles. The molecule has 1 aromatic heterocycles. The standard InChI is InChI=1S/C20H21N3O2S/c1-12(2)18(21-13(3)24)19(25)23-20-22-17(11-26-20)16-9-8-14-6-4-5-7-15(14)10-16/h4-12,18H,1-3H3,(H,21,24)(H,22,23,25). The van der Waals surface area contributed by atoms with Crippen LogP contribution in [0.1, 0.15) is 20.8 Å². The molecule has 0 radical (unpaired) electrons. The number of thiazole rings is 1. The van der Waals surface area contributed by atoms with Gasteiger partial charge in [-0.2, -0.15) is 0 Å². The number of aromatic nitrogens is 1. The number of hydrogen-bond acceptors (Lipinski definition) is 4. The Hall–Kier alpha value is -2.73. The second-order valence-electron chi connectivity index (χ2n) is 6.51. The third-order valence-electron chi connectivity index (χ3n) is 4.09. The Labute approximate surface area is 156 Å². The van der Waals surface area contributed by atoms with Crippen molar-refractivity contribution in [1.82, 2.24) is 10.3 Å². The Bertz CT molecular complexity index is 949. The van der Waals surface area contributed by atoms with Gasteiger partial charge in [0.1, 0.15) is 6.04 Å². The number of hydrogen-bond donors (Lipinski definition) is 2. The van der Waals surface area contributed by atoms with Crippen LogP contribution in [0.3, 0.4) is 0 Å². The van der Waals surface area contributed by atoms with E-state index < -0.39 is 6.04 Å². The molecule has 1 unspecified atom stereocenters. The first-order chi connectivity index (χ1) is 12.4. The summed E-state index contributed by atoms with van der Waals surface area (Å²) in [6, 6.07) is 13.7. The lowest BCUT2D eigenvalue weighted by atomic mass is 10.0. The van der Waals surface area contributed by atoms with E-state index in [1.165, 1.54) is 23.6 Å². The predicted octanol–water partition coefficient (Wildman–Crippen LogP) is 4.06. The number of nitrogens with zero attached hydrogens (tertiary/aromatic N) is 1. The molecule has 0 bridgehead atoms. The molecule has 3 rings (SSSR count). The third kappa shape index (κ3) is 4.08. The van der Waals surface area contributed by atoms with E-state index in [9.17, 15) is 9.59 Å². The number of amides is 2.